The van der Waals surface area contributed by atoms with Crippen molar-refractivity contribution in [3.63, 3.8) is 0 Å². The number of anilines is 2. The number of aryl methyl sites for hydroxylation is 1. The summed E-state index contributed by atoms with van der Waals surface area (Å²) < 4.78 is 287. The average molecular weight is 469 g/mol. The molecule has 0 fully saturated rings. The van der Waals surface area contributed by atoms with E-state index in [1.54, 1.807) is 10.6 Å². The normalized spacial score (nSPS) is 35.0. The molecule has 0 radical (unpaired) electrons. The van der Waals surface area contributed by atoms with E-state index in [-0.39, 0.29) is 5.56 Å². The lowest BCUT2D eigenvalue weighted by molar-refractivity contribution is 0.209. The van der Waals surface area contributed by atoms with E-state index in [0.717, 1.165) is 19.1 Å². The summed E-state index contributed by atoms with van der Waals surface area (Å²) in [5.41, 5.74) is -2.21. The molecule has 6 nitrogen and oxygen atoms in total. The van der Waals surface area contributed by atoms with Crippen LogP contribution in [0.5, 0.6) is 0 Å². The first kappa shape index (κ1) is 5.28. The van der Waals surface area contributed by atoms with Crippen LogP contribution in [-0.2, 0) is 0 Å². The predicted molar refractivity (Wildman–Crippen MR) is 132 cm³/mol. The highest BCUT2D eigenvalue weighted by molar-refractivity contribution is 5.93. The zero-order valence-electron chi connectivity index (χ0n) is 51.9. The Hall–Kier alpha value is -2.24. The Bertz CT molecular complexity index is 1890. The molecule has 2 N–H and O–H groups in total. The molecular weight excluding hydrogens is 388 g/mol. The maximum Gasteiger partial charge on any atom is 0.321 e. The van der Waals surface area contributed by atoms with Gasteiger partial charge in [-0.15, -0.1) is 0 Å². The lowest BCUT2D eigenvalue weighted by Crippen LogP contribution is -2.37. The van der Waals surface area contributed by atoms with Gasteiger partial charge in [0.05, 0.1) is 0 Å². The van der Waals surface area contributed by atoms with Gasteiger partial charge < -0.3 is 20.4 Å². The van der Waals surface area contributed by atoms with Gasteiger partial charge >= 0.3 is 12.1 Å². The molecular formula is C25H44N4O2. The van der Waals surface area contributed by atoms with Crippen LogP contribution in [-0.4, -0.2) is 47.8 Å². The van der Waals surface area contributed by atoms with Crippen molar-refractivity contribution < 1.29 is 58.9 Å². The summed E-state index contributed by atoms with van der Waals surface area (Å²) in [4.78, 5) is 25.7. The van der Waals surface area contributed by atoms with E-state index in [9.17, 15) is 9.59 Å². The Morgan fingerprint density at radius 2 is 1.26 bits per heavy atom. The van der Waals surface area contributed by atoms with Crippen LogP contribution in [0.1, 0.15) is 133 Å². The Kier molecular flexibility index (Phi) is 2.65. The fraction of sp³-hybridized carbons (Fsp3) is 0.680. The number of carbonyl (C=O) groups is 2. The second-order valence-electron chi connectivity index (χ2n) is 5.01. The molecule has 0 saturated heterocycles. The van der Waals surface area contributed by atoms with Gasteiger partial charge in [0, 0.05) is 86.7 Å². The lowest BCUT2D eigenvalue weighted by atomic mass is 10.1. The maximum atomic E-state index is 14.1. The highest BCUT2D eigenvalue weighted by atomic mass is 16.2. The molecule has 1 rings (SSSR count). The zero-order chi connectivity index (χ0) is 54.6. The third-order valence-corrected chi connectivity index (χ3v) is 3.06. The smallest absolute Gasteiger partial charge is 0.321 e. The van der Waals surface area contributed by atoms with E-state index < -0.39 is 138 Å². The summed E-state index contributed by atoms with van der Waals surface area (Å²) >= 11 is 0. The van der Waals surface area contributed by atoms with Gasteiger partial charge in [-0.2, -0.15) is 0 Å². The van der Waals surface area contributed by atoms with Crippen LogP contribution in [0, 0.1) is 6.92 Å². The average Bonchev–Trinajstić information content (AvgIpc) is 3.06. The van der Waals surface area contributed by atoms with Crippen LogP contribution >= 0.6 is 0 Å². The van der Waals surface area contributed by atoms with Gasteiger partial charge in [-0.3, -0.25) is 0 Å². The largest absolute Gasteiger partial charge is 0.325 e. The number of hydrogen-bond acceptors (Lipinski definition) is 2. The van der Waals surface area contributed by atoms with Crippen LogP contribution in [0.2, 0.25) is 0 Å². The molecule has 1 aromatic rings. The van der Waals surface area contributed by atoms with Crippen molar-refractivity contribution in [2.75, 3.05) is 36.6 Å². The molecule has 0 atom stereocenters. The summed E-state index contributed by atoms with van der Waals surface area (Å²) in [5.74, 6) is 0. The third kappa shape index (κ3) is 10.1. The van der Waals surface area contributed by atoms with E-state index in [2.05, 4.69) is 0 Å². The van der Waals surface area contributed by atoms with Gasteiger partial charge in [-0.25, -0.2) is 9.59 Å². The van der Waals surface area contributed by atoms with E-state index in [0.29, 0.717) is 6.07 Å². The molecule has 4 amide bonds. The molecule has 0 aromatic heterocycles. The van der Waals surface area contributed by atoms with Gasteiger partial charge in [0.1, 0.15) is 0 Å². The first-order valence-corrected chi connectivity index (χ1v) is 7.99. The highest BCUT2D eigenvalue weighted by Crippen LogP contribution is 2.21. The van der Waals surface area contributed by atoms with Crippen molar-refractivity contribution >= 4 is 23.4 Å². The molecule has 6 heteroatoms. The molecule has 176 valence electrons. The predicted octanol–water partition coefficient (Wildman–Crippen LogP) is 6.86. The molecule has 0 bridgehead atoms. The maximum absolute atomic E-state index is 14.1. The number of nitrogens with zero attached hydrogens (tertiary/aromatic N) is 2. The van der Waals surface area contributed by atoms with E-state index in [1.165, 1.54) is 0 Å². The summed E-state index contributed by atoms with van der Waals surface area (Å²) in [6.45, 7) is -34.9. The van der Waals surface area contributed by atoms with Crippen molar-refractivity contribution in [2.45, 2.75) is 85.3 Å². The molecule has 31 heavy (non-hydrogen) atoms. The van der Waals surface area contributed by atoms with E-state index in [4.69, 9.17) is 49.3 Å². The van der Waals surface area contributed by atoms with Gasteiger partial charge in [-0.05, 0) is 50.1 Å². The molecule has 0 aliphatic carbocycles. The molecule has 1 aromatic carbocycles. The number of hydrogen-bond donors (Lipinski definition) is 2. The van der Waals surface area contributed by atoms with Crippen molar-refractivity contribution in [3.8, 4) is 0 Å². The minimum atomic E-state index is -4.81. The molecule has 0 unspecified atom stereocenters. The van der Waals surface area contributed by atoms with Crippen molar-refractivity contribution in [2.24, 2.45) is 0 Å². The van der Waals surface area contributed by atoms with Crippen LogP contribution in [0.3, 0.4) is 0 Å². The Labute approximate surface area is 240 Å². The second kappa shape index (κ2) is 15.5. The van der Waals surface area contributed by atoms with Gasteiger partial charge in [0.25, 0.3) is 0 Å². The first-order chi connectivity index (χ1) is 28.7. The quantitative estimate of drug-likeness (QED) is 0.313. The van der Waals surface area contributed by atoms with E-state index in [1.807, 2.05) is 0 Å². The number of urea groups is 2. The van der Waals surface area contributed by atoms with Crippen LogP contribution in [0.4, 0.5) is 21.0 Å². The number of amides is 4. The summed E-state index contributed by atoms with van der Waals surface area (Å²) in [6.07, 6.45) is -36.6. The Morgan fingerprint density at radius 3 is 1.71 bits per heavy atom. The molecule has 0 aliphatic heterocycles. The van der Waals surface area contributed by atoms with Gasteiger partial charge in [0.15, 0.2) is 0 Å². The van der Waals surface area contributed by atoms with Crippen molar-refractivity contribution in [1.29, 1.82) is 0 Å². The minimum absolute atomic E-state index is 0.332. The molecule has 0 aliphatic rings. The highest BCUT2D eigenvalue weighted by Gasteiger charge is 2.16. The van der Waals surface area contributed by atoms with E-state index >= 15 is 0 Å². The van der Waals surface area contributed by atoms with Gasteiger partial charge in [0.2, 0.25) is 0 Å². The zero-order valence-corrected chi connectivity index (χ0v) is 15.9. The van der Waals surface area contributed by atoms with Gasteiger partial charge in [-0.1, -0.05) is 59.0 Å². The number of benzene rings is 1. The minimum Gasteiger partial charge on any atom is -0.325 e. The Balaban J connectivity index is 4.37. The molecule has 0 saturated carbocycles. The van der Waals surface area contributed by atoms with Crippen LogP contribution in [0.25, 0.3) is 0 Å². The fourth-order valence-electron chi connectivity index (χ4n) is 1.78. The summed E-state index contributed by atoms with van der Waals surface area (Å²) in [6, 6.07) is -3.02. The first-order valence-electron chi connectivity index (χ1n) is 26.0. The van der Waals surface area contributed by atoms with Crippen molar-refractivity contribution in [1.82, 2.24) is 9.80 Å². The number of nitrogens with one attached hydrogen (secondary N) is 2. The fourth-order valence-corrected chi connectivity index (χ4v) is 1.78. The lowest BCUT2D eigenvalue weighted by Gasteiger charge is -2.24. The molecule has 0 spiro atoms. The second-order valence-corrected chi connectivity index (χ2v) is 5.01. The monoisotopic (exact) mass is 469 g/mol. The number of carbonyl (C=O) groups excluding carboxylic acids is 2. The topological polar surface area (TPSA) is 64.7 Å². The number of rotatable bonds is 14. The Morgan fingerprint density at radius 1 is 0.806 bits per heavy atom. The molecule has 0 heterocycles. The van der Waals surface area contributed by atoms with Crippen LogP contribution < -0.4 is 10.6 Å². The standard InChI is InChI=1S/C25H44N4O2/c1-6-10-16-28(17-11-7-2)24(30)26-22-15-14-21(5)23(20-22)27-25(31)29(18-12-8-3)19-13-9-4/h14-15,20H,6-13,16-19H2,1-5H3,(H,26,30)(H,27,31)/i1D3,2D3,3D3,4D3,6D2,7D2,8D2,9D2,10D2,11D2,12D2,13D2,16D2,17D2,18D2,19D2. The SMILES string of the molecule is [2H]C([2H])([2H])C([2H])([2H])C([2H])([2H])C([2H])([2H])N(C(=O)Nc1ccc(C)c(NC(=O)N(C([2H])([2H])C([2H])([2H])C([2H])([2H])C([2H])([2H])[2H])C([2H])([2H])C([2H])([2H])C([2H])([2H])C([2H])([2H])[2H])c1)C([2H])([2H])C([2H])([2H])C([2H])([2H])C([2H])([2H])[2H]. The summed E-state index contributed by atoms with van der Waals surface area (Å²) in [5, 5.41) is 3.28. The van der Waals surface area contributed by atoms with Crippen LogP contribution in [0.15, 0.2) is 18.2 Å². The summed E-state index contributed by atoms with van der Waals surface area (Å²) in [7, 11) is 0. The van der Waals surface area contributed by atoms with Crippen molar-refractivity contribution in [3.05, 3.63) is 23.8 Å². The third-order valence-electron chi connectivity index (χ3n) is 3.06.